The number of ether oxygens (including phenoxy) is 1. The Balaban J connectivity index is 1.76. The number of anilines is 1. The first-order chi connectivity index (χ1) is 11.5. The number of carboxylic acids is 1. The summed E-state index contributed by atoms with van der Waals surface area (Å²) in [5, 5.41) is 11.7. The van der Waals surface area contributed by atoms with Crippen LogP contribution in [0.3, 0.4) is 0 Å². The summed E-state index contributed by atoms with van der Waals surface area (Å²) in [6.07, 6.45) is 0. The van der Waals surface area contributed by atoms with E-state index in [4.69, 9.17) is 9.84 Å². The Morgan fingerprint density at radius 1 is 1.21 bits per heavy atom. The van der Waals surface area contributed by atoms with Crippen molar-refractivity contribution in [2.24, 2.45) is 0 Å². The zero-order valence-corrected chi connectivity index (χ0v) is 14.2. The van der Waals surface area contributed by atoms with Crippen LogP contribution in [0.2, 0.25) is 0 Å². The van der Waals surface area contributed by atoms with Gasteiger partial charge in [-0.2, -0.15) is 0 Å². The third-order valence-electron chi connectivity index (χ3n) is 3.11. The number of carbonyl (C=O) groups excluding carboxylic acids is 1. The lowest BCUT2D eigenvalue weighted by molar-refractivity contribution is -0.122. The Morgan fingerprint density at radius 3 is 2.71 bits per heavy atom. The quantitative estimate of drug-likeness (QED) is 0.715. The first-order valence-electron chi connectivity index (χ1n) is 7.06. The van der Waals surface area contributed by atoms with E-state index in [9.17, 15) is 14.0 Å². The van der Waals surface area contributed by atoms with Crippen molar-refractivity contribution in [3.8, 4) is 0 Å². The summed E-state index contributed by atoms with van der Waals surface area (Å²) < 4.78 is 19.0. The van der Waals surface area contributed by atoms with Gasteiger partial charge in [0.1, 0.15) is 12.4 Å². The molecule has 0 unspecified atom stereocenters. The van der Waals surface area contributed by atoms with E-state index in [1.807, 2.05) is 0 Å². The number of benzene rings is 2. The van der Waals surface area contributed by atoms with Crippen molar-refractivity contribution in [2.45, 2.75) is 6.61 Å². The number of carbonyl (C=O) groups is 2. The molecule has 126 valence electrons. The molecule has 0 aliphatic heterocycles. The molecule has 2 N–H and O–H groups in total. The van der Waals surface area contributed by atoms with Gasteiger partial charge in [0, 0.05) is 5.69 Å². The minimum absolute atomic E-state index is 0.0117. The largest absolute Gasteiger partial charge is 0.478 e. The van der Waals surface area contributed by atoms with Gasteiger partial charge < -0.3 is 15.2 Å². The lowest BCUT2D eigenvalue weighted by Gasteiger charge is -2.08. The van der Waals surface area contributed by atoms with Crippen LogP contribution in [0.15, 0.2) is 46.9 Å². The molecule has 0 radical (unpaired) electrons. The standard InChI is InChI=1S/C17H15BrFNO4/c18-15-5-4-11(6-16(15)19)9-24-10-14(21)8-20-13-3-1-2-12(7-13)17(22)23/h1-7,20H,8-10H2,(H,22,23). The van der Waals surface area contributed by atoms with Crippen LogP contribution in [-0.2, 0) is 16.1 Å². The fourth-order valence-corrected chi connectivity index (χ4v) is 2.17. The molecular weight excluding hydrogens is 381 g/mol. The smallest absolute Gasteiger partial charge is 0.335 e. The minimum Gasteiger partial charge on any atom is -0.478 e. The van der Waals surface area contributed by atoms with Crippen LogP contribution in [0.1, 0.15) is 15.9 Å². The third kappa shape index (κ3) is 5.43. The molecule has 0 aliphatic rings. The maximum Gasteiger partial charge on any atom is 0.335 e. The molecule has 0 aliphatic carbocycles. The molecule has 2 aromatic carbocycles. The van der Waals surface area contributed by atoms with Crippen molar-refractivity contribution in [3.63, 3.8) is 0 Å². The molecule has 2 aromatic rings. The SMILES string of the molecule is O=C(CNc1cccc(C(=O)O)c1)COCc1ccc(Br)c(F)c1. The van der Waals surface area contributed by atoms with Crippen LogP contribution in [-0.4, -0.2) is 30.0 Å². The van der Waals surface area contributed by atoms with E-state index < -0.39 is 5.97 Å². The normalized spacial score (nSPS) is 10.4. The van der Waals surface area contributed by atoms with E-state index in [0.29, 0.717) is 15.7 Å². The topological polar surface area (TPSA) is 75.6 Å². The number of Topliss-reactive ketones (excluding diaryl/α,β-unsaturated/α-hetero) is 1. The average molecular weight is 396 g/mol. The second-order valence-corrected chi connectivity index (χ2v) is 5.87. The van der Waals surface area contributed by atoms with Crippen molar-refractivity contribution >= 4 is 33.4 Å². The Kier molecular flexibility index (Phi) is 6.45. The van der Waals surface area contributed by atoms with E-state index in [1.54, 1.807) is 24.3 Å². The number of hydrogen-bond acceptors (Lipinski definition) is 4. The molecule has 0 atom stereocenters. The summed E-state index contributed by atoms with van der Waals surface area (Å²) in [6.45, 7) is 0.0194. The van der Waals surface area contributed by atoms with Gasteiger partial charge in [0.15, 0.2) is 5.78 Å². The lowest BCUT2D eigenvalue weighted by Crippen LogP contribution is -2.19. The number of carboxylic acid groups (broad SMARTS) is 1. The monoisotopic (exact) mass is 395 g/mol. The summed E-state index contributed by atoms with van der Waals surface area (Å²) in [6, 6.07) is 10.8. The maximum atomic E-state index is 13.3. The van der Waals surface area contributed by atoms with Gasteiger partial charge in [-0.3, -0.25) is 4.79 Å². The Hall–Kier alpha value is -2.25. The highest BCUT2D eigenvalue weighted by atomic mass is 79.9. The van der Waals surface area contributed by atoms with Gasteiger partial charge in [-0.05, 0) is 51.8 Å². The molecule has 0 saturated carbocycles. The molecule has 24 heavy (non-hydrogen) atoms. The Bertz CT molecular complexity index is 751. The van der Waals surface area contributed by atoms with E-state index in [-0.39, 0.29) is 36.9 Å². The molecule has 0 aromatic heterocycles. The predicted molar refractivity (Wildman–Crippen MR) is 90.7 cm³/mol. The fraction of sp³-hybridized carbons (Fsp3) is 0.176. The van der Waals surface area contributed by atoms with Crippen molar-refractivity contribution in [3.05, 3.63) is 63.9 Å². The minimum atomic E-state index is -1.03. The molecule has 0 fully saturated rings. The van der Waals surface area contributed by atoms with E-state index >= 15 is 0 Å². The number of rotatable bonds is 8. The highest BCUT2D eigenvalue weighted by Gasteiger charge is 2.06. The molecule has 2 rings (SSSR count). The summed E-state index contributed by atoms with van der Waals surface area (Å²) in [5.41, 5.74) is 1.31. The highest BCUT2D eigenvalue weighted by molar-refractivity contribution is 9.10. The molecule has 0 bridgehead atoms. The van der Waals surface area contributed by atoms with Crippen LogP contribution in [0.25, 0.3) is 0 Å². The molecule has 0 spiro atoms. The Morgan fingerprint density at radius 2 is 2.00 bits per heavy atom. The fourth-order valence-electron chi connectivity index (χ4n) is 1.93. The summed E-state index contributed by atoms with van der Waals surface area (Å²) >= 11 is 3.06. The van der Waals surface area contributed by atoms with Crippen LogP contribution in [0.4, 0.5) is 10.1 Å². The molecule has 5 nitrogen and oxygen atoms in total. The zero-order chi connectivity index (χ0) is 17.5. The lowest BCUT2D eigenvalue weighted by atomic mass is 10.2. The Labute approximate surface area is 146 Å². The van der Waals surface area contributed by atoms with E-state index in [0.717, 1.165) is 0 Å². The van der Waals surface area contributed by atoms with Gasteiger partial charge in [0.25, 0.3) is 0 Å². The number of halogens is 2. The zero-order valence-electron chi connectivity index (χ0n) is 12.6. The number of hydrogen-bond donors (Lipinski definition) is 2. The first kappa shape index (κ1) is 18.1. The van der Waals surface area contributed by atoms with Crippen molar-refractivity contribution in [1.29, 1.82) is 0 Å². The predicted octanol–water partition coefficient (Wildman–Crippen LogP) is 3.48. The van der Waals surface area contributed by atoms with Crippen LogP contribution < -0.4 is 5.32 Å². The molecular formula is C17H15BrFNO4. The van der Waals surface area contributed by atoms with Crippen molar-refractivity contribution < 1.29 is 23.8 Å². The van der Waals surface area contributed by atoms with Crippen molar-refractivity contribution in [1.82, 2.24) is 0 Å². The van der Waals surface area contributed by atoms with Gasteiger partial charge in [0.2, 0.25) is 0 Å². The second kappa shape index (κ2) is 8.56. The molecule has 7 heteroatoms. The van der Waals surface area contributed by atoms with Gasteiger partial charge in [0.05, 0.1) is 23.2 Å². The number of nitrogens with one attached hydrogen (secondary N) is 1. The summed E-state index contributed by atoms with van der Waals surface area (Å²) in [4.78, 5) is 22.6. The third-order valence-corrected chi connectivity index (χ3v) is 3.76. The van der Waals surface area contributed by atoms with Crippen LogP contribution in [0.5, 0.6) is 0 Å². The summed E-state index contributed by atoms with van der Waals surface area (Å²) in [7, 11) is 0. The van der Waals surface area contributed by atoms with Gasteiger partial charge in [-0.25, -0.2) is 9.18 Å². The highest BCUT2D eigenvalue weighted by Crippen LogP contribution is 2.16. The van der Waals surface area contributed by atoms with Gasteiger partial charge >= 0.3 is 5.97 Å². The number of ketones is 1. The maximum absolute atomic E-state index is 13.3. The van der Waals surface area contributed by atoms with Crippen LogP contribution in [0, 0.1) is 5.82 Å². The molecule has 0 saturated heterocycles. The van der Waals surface area contributed by atoms with Gasteiger partial charge in [-0.15, -0.1) is 0 Å². The first-order valence-corrected chi connectivity index (χ1v) is 7.85. The average Bonchev–Trinajstić information content (AvgIpc) is 2.56. The van der Waals surface area contributed by atoms with Crippen LogP contribution >= 0.6 is 15.9 Å². The molecule has 0 amide bonds. The van der Waals surface area contributed by atoms with E-state index in [1.165, 1.54) is 18.2 Å². The van der Waals surface area contributed by atoms with Crippen molar-refractivity contribution in [2.75, 3.05) is 18.5 Å². The van der Waals surface area contributed by atoms with E-state index in [2.05, 4.69) is 21.2 Å². The molecule has 0 heterocycles. The number of aromatic carboxylic acids is 1. The second-order valence-electron chi connectivity index (χ2n) is 5.02. The summed E-state index contributed by atoms with van der Waals surface area (Å²) in [5.74, 6) is -1.62. The van der Waals surface area contributed by atoms with Gasteiger partial charge in [-0.1, -0.05) is 12.1 Å².